The maximum Gasteiger partial charge on any atom is 0.262 e. The average Bonchev–Trinajstić information content (AvgIpc) is 2.30. The van der Waals surface area contributed by atoms with Crippen LogP contribution in [0.4, 0.5) is 10.1 Å². The molecule has 0 fully saturated rings. The third-order valence-electron chi connectivity index (χ3n) is 2.85. The molecule has 0 unspecified atom stereocenters. The Labute approximate surface area is 117 Å². The van der Waals surface area contributed by atoms with Gasteiger partial charge in [0, 0.05) is 0 Å². The van der Waals surface area contributed by atoms with E-state index in [1.165, 1.54) is 6.07 Å². The Kier molecular flexibility index (Phi) is 3.76. The molecule has 1 aromatic heterocycles. The maximum atomic E-state index is 12.7. The number of aromatic nitrogens is 1. The van der Waals surface area contributed by atoms with Gasteiger partial charge < -0.3 is 0 Å². The largest absolute Gasteiger partial charge is 0.278 e. The molecule has 1 N–H and O–H groups in total. The summed E-state index contributed by atoms with van der Waals surface area (Å²) in [6, 6.07) is 6.06. The maximum absolute atomic E-state index is 12.7. The van der Waals surface area contributed by atoms with Crippen molar-refractivity contribution in [3.63, 3.8) is 0 Å². The second-order valence-electron chi connectivity index (χ2n) is 4.70. The highest BCUT2D eigenvalue weighted by atomic mass is 32.2. The van der Waals surface area contributed by atoms with Crippen LogP contribution in [-0.4, -0.2) is 13.4 Å². The van der Waals surface area contributed by atoms with Gasteiger partial charge in [-0.1, -0.05) is 17.7 Å². The molecule has 0 aliphatic rings. The normalized spacial score (nSPS) is 11.4. The lowest BCUT2D eigenvalue weighted by Gasteiger charge is -2.13. The number of sulfonamides is 1. The minimum Gasteiger partial charge on any atom is -0.278 e. The van der Waals surface area contributed by atoms with Crippen LogP contribution in [-0.2, 0) is 10.0 Å². The predicted molar refractivity (Wildman–Crippen MR) is 75.7 cm³/mol. The van der Waals surface area contributed by atoms with Gasteiger partial charge in [0.05, 0.1) is 16.8 Å². The number of rotatable bonds is 3. The fourth-order valence-corrected chi connectivity index (χ4v) is 3.73. The van der Waals surface area contributed by atoms with Crippen molar-refractivity contribution in [1.29, 1.82) is 0 Å². The summed E-state index contributed by atoms with van der Waals surface area (Å²) in [5, 5.41) is 0. The highest BCUT2D eigenvalue weighted by Gasteiger charge is 2.20. The summed E-state index contributed by atoms with van der Waals surface area (Å²) < 4.78 is 39.9. The van der Waals surface area contributed by atoms with Crippen molar-refractivity contribution in [3.05, 3.63) is 53.1 Å². The van der Waals surface area contributed by atoms with Crippen molar-refractivity contribution in [2.75, 3.05) is 4.72 Å². The van der Waals surface area contributed by atoms with Gasteiger partial charge in [-0.05, 0) is 44.0 Å². The molecular formula is C14H15FN2O2S. The fraction of sp³-hybridized carbons (Fsp3) is 0.214. The van der Waals surface area contributed by atoms with Crippen LogP contribution in [0.5, 0.6) is 0 Å². The van der Waals surface area contributed by atoms with Gasteiger partial charge >= 0.3 is 0 Å². The van der Waals surface area contributed by atoms with Crippen LogP contribution in [0, 0.1) is 26.7 Å². The minimum atomic E-state index is -3.72. The Morgan fingerprint density at radius 3 is 2.20 bits per heavy atom. The highest BCUT2D eigenvalue weighted by molar-refractivity contribution is 7.92. The molecule has 0 radical (unpaired) electrons. The number of anilines is 1. The molecule has 0 aliphatic heterocycles. The molecule has 0 saturated carbocycles. The van der Waals surface area contributed by atoms with Gasteiger partial charge in [0.15, 0.2) is 0 Å². The quantitative estimate of drug-likeness (QED) is 0.885. The summed E-state index contributed by atoms with van der Waals surface area (Å²) >= 11 is 0. The predicted octanol–water partition coefficient (Wildman–Crippen LogP) is 2.95. The lowest BCUT2D eigenvalue weighted by Crippen LogP contribution is -2.16. The molecule has 0 atom stereocenters. The molecule has 4 nitrogen and oxygen atoms in total. The zero-order valence-corrected chi connectivity index (χ0v) is 12.3. The van der Waals surface area contributed by atoms with Crippen LogP contribution in [0.3, 0.4) is 0 Å². The Hall–Kier alpha value is -1.95. The number of nitrogens with one attached hydrogen (secondary N) is 1. The summed E-state index contributed by atoms with van der Waals surface area (Å²) in [6.07, 6.45) is 1.14. The van der Waals surface area contributed by atoms with Crippen LogP contribution in [0.1, 0.15) is 16.7 Å². The van der Waals surface area contributed by atoms with E-state index in [-0.39, 0.29) is 10.6 Å². The van der Waals surface area contributed by atoms with E-state index >= 15 is 0 Å². The summed E-state index contributed by atoms with van der Waals surface area (Å²) in [5.74, 6) is -0.657. The number of aryl methyl sites for hydroxylation is 3. The molecular weight excluding hydrogens is 279 g/mol. The first kappa shape index (κ1) is 14.5. The monoisotopic (exact) mass is 294 g/mol. The van der Waals surface area contributed by atoms with Gasteiger partial charge in [0.2, 0.25) is 5.95 Å². The van der Waals surface area contributed by atoms with E-state index < -0.39 is 16.0 Å². The highest BCUT2D eigenvalue weighted by Crippen LogP contribution is 2.24. The molecule has 2 rings (SSSR count). The number of benzene rings is 1. The lowest BCUT2D eigenvalue weighted by atomic mass is 10.1. The standard InChI is InChI=1S/C14H15FN2O2S/c1-9-6-10(2)14(11(3)7-9)20(18,19)17-12-4-5-13(15)16-8-12/h4-8,17H,1-3H3. The van der Waals surface area contributed by atoms with Crippen molar-refractivity contribution in [3.8, 4) is 0 Å². The van der Waals surface area contributed by atoms with Crippen molar-refractivity contribution >= 4 is 15.7 Å². The Bertz CT molecular complexity index is 717. The van der Waals surface area contributed by atoms with E-state index in [2.05, 4.69) is 9.71 Å². The first-order valence-corrected chi connectivity index (χ1v) is 7.50. The van der Waals surface area contributed by atoms with Gasteiger partial charge in [-0.15, -0.1) is 0 Å². The Morgan fingerprint density at radius 1 is 1.10 bits per heavy atom. The summed E-state index contributed by atoms with van der Waals surface area (Å²) in [6.45, 7) is 5.41. The number of nitrogens with zero attached hydrogens (tertiary/aromatic N) is 1. The van der Waals surface area contributed by atoms with Crippen molar-refractivity contribution in [2.24, 2.45) is 0 Å². The smallest absolute Gasteiger partial charge is 0.262 e. The molecule has 0 amide bonds. The number of hydrogen-bond donors (Lipinski definition) is 1. The third kappa shape index (κ3) is 2.96. The molecule has 1 aromatic carbocycles. The van der Waals surface area contributed by atoms with Crippen LogP contribution < -0.4 is 4.72 Å². The van der Waals surface area contributed by atoms with E-state index in [1.54, 1.807) is 13.8 Å². The number of pyridine rings is 1. The molecule has 0 bridgehead atoms. The minimum absolute atomic E-state index is 0.228. The zero-order valence-electron chi connectivity index (χ0n) is 11.4. The number of hydrogen-bond acceptors (Lipinski definition) is 3. The lowest BCUT2D eigenvalue weighted by molar-refractivity contribution is 0.583. The van der Waals surface area contributed by atoms with E-state index in [9.17, 15) is 12.8 Å². The number of halogens is 1. The van der Waals surface area contributed by atoms with E-state index in [0.717, 1.165) is 17.8 Å². The molecule has 0 saturated heterocycles. The van der Waals surface area contributed by atoms with Gasteiger partial charge in [-0.25, -0.2) is 13.4 Å². The summed E-state index contributed by atoms with van der Waals surface area (Å²) in [5.41, 5.74) is 2.57. The topological polar surface area (TPSA) is 59.1 Å². The van der Waals surface area contributed by atoms with Gasteiger partial charge in [-0.3, -0.25) is 4.72 Å². The van der Waals surface area contributed by atoms with Crippen molar-refractivity contribution in [2.45, 2.75) is 25.7 Å². The van der Waals surface area contributed by atoms with Crippen molar-refractivity contribution in [1.82, 2.24) is 4.98 Å². The second kappa shape index (κ2) is 5.20. The summed E-state index contributed by atoms with van der Waals surface area (Å²) in [4.78, 5) is 3.67. The van der Waals surface area contributed by atoms with E-state index in [0.29, 0.717) is 11.1 Å². The molecule has 2 aromatic rings. The van der Waals surface area contributed by atoms with Crippen LogP contribution in [0.15, 0.2) is 35.4 Å². The van der Waals surface area contributed by atoms with Gasteiger partial charge in [-0.2, -0.15) is 4.39 Å². The molecule has 20 heavy (non-hydrogen) atoms. The Morgan fingerprint density at radius 2 is 1.70 bits per heavy atom. The third-order valence-corrected chi connectivity index (χ3v) is 4.54. The molecule has 106 valence electrons. The first-order chi connectivity index (χ1) is 9.29. The van der Waals surface area contributed by atoms with Crippen molar-refractivity contribution < 1.29 is 12.8 Å². The second-order valence-corrected chi connectivity index (χ2v) is 6.32. The van der Waals surface area contributed by atoms with E-state index in [4.69, 9.17) is 0 Å². The zero-order chi connectivity index (χ0) is 14.9. The average molecular weight is 294 g/mol. The van der Waals surface area contributed by atoms with Crippen LogP contribution >= 0.6 is 0 Å². The SMILES string of the molecule is Cc1cc(C)c(S(=O)(=O)Nc2ccc(F)nc2)c(C)c1. The first-order valence-electron chi connectivity index (χ1n) is 6.02. The van der Waals surface area contributed by atoms with Crippen LogP contribution in [0.25, 0.3) is 0 Å². The van der Waals surface area contributed by atoms with Gasteiger partial charge in [0.25, 0.3) is 10.0 Å². The van der Waals surface area contributed by atoms with Gasteiger partial charge in [0.1, 0.15) is 0 Å². The molecule has 0 spiro atoms. The van der Waals surface area contributed by atoms with E-state index in [1.807, 2.05) is 19.1 Å². The molecule has 1 heterocycles. The fourth-order valence-electron chi connectivity index (χ4n) is 2.23. The summed E-state index contributed by atoms with van der Waals surface area (Å²) in [7, 11) is -3.72. The Balaban J connectivity index is 2.43. The van der Waals surface area contributed by atoms with Crippen LogP contribution in [0.2, 0.25) is 0 Å². The molecule has 0 aliphatic carbocycles. The molecule has 6 heteroatoms.